The van der Waals surface area contributed by atoms with Gasteiger partial charge in [0.2, 0.25) is 0 Å². The lowest BCUT2D eigenvalue weighted by Crippen LogP contribution is -2.73. The van der Waals surface area contributed by atoms with Crippen molar-refractivity contribution in [2.24, 2.45) is 0 Å². The van der Waals surface area contributed by atoms with Crippen LogP contribution in [-0.4, -0.2) is 38.6 Å². The quantitative estimate of drug-likeness (QED) is 0.414. The molecule has 0 rings (SSSR count). The number of hydrogen-bond acceptors (Lipinski definition) is 4. The molecule has 0 unspecified atom stereocenters. The van der Waals surface area contributed by atoms with Crippen LogP contribution < -0.4 is 9.30 Å². The van der Waals surface area contributed by atoms with E-state index in [1.165, 1.54) is 12.8 Å². The number of unbranched alkanes of at least 4 members (excludes halogenated alkanes) is 2. The van der Waals surface area contributed by atoms with Crippen LogP contribution in [0.5, 0.6) is 0 Å². The van der Waals surface area contributed by atoms with E-state index < -0.39 is 25.4 Å². The minimum absolute atomic E-state index is 0.876. The minimum Gasteiger partial charge on any atom is -0.404 e. The molecule has 0 aliphatic heterocycles. The van der Waals surface area contributed by atoms with Crippen molar-refractivity contribution in [2.75, 3.05) is 13.2 Å². The predicted octanol–water partition coefficient (Wildman–Crippen LogP) is 3.90. The van der Waals surface area contributed by atoms with Crippen LogP contribution in [0.1, 0.15) is 39.5 Å². The molecular weight excluding hydrogens is 312 g/mol. The molecule has 0 bridgehead atoms. The van der Waals surface area contributed by atoms with Gasteiger partial charge in [0.05, 0.1) is 0 Å². The van der Waals surface area contributed by atoms with Gasteiger partial charge < -0.3 is 18.1 Å². The monoisotopic (exact) mass is 350 g/mol. The second-order valence-electron chi connectivity index (χ2n) is 7.30. The van der Waals surface area contributed by atoms with E-state index in [2.05, 4.69) is 62.4 Å². The summed E-state index contributed by atoms with van der Waals surface area (Å²) >= 11 is 0. The van der Waals surface area contributed by atoms with Crippen molar-refractivity contribution in [1.82, 2.24) is 9.30 Å². The molecule has 21 heavy (non-hydrogen) atoms. The molecule has 4 nitrogen and oxygen atoms in total. The van der Waals surface area contributed by atoms with Gasteiger partial charge in [-0.05, 0) is 52.1 Å². The second kappa shape index (κ2) is 9.59. The Balaban J connectivity index is 4.38. The number of rotatable bonds is 12. The van der Waals surface area contributed by atoms with Gasteiger partial charge in [-0.2, -0.15) is 0 Å². The van der Waals surface area contributed by atoms with Crippen LogP contribution in [0.25, 0.3) is 0 Å². The first-order chi connectivity index (χ1) is 9.54. The van der Waals surface area contributed by atoms with Gasteiger partial charge in [-0.25, -0.2) is 0 Å². The van der Waals surface area contributed by atoms with Crippen LogP contribution in [-0.2, 0) is 8.85 Å². The van der Waals surface area contributed by atoms with Crippen LogP contribution in [0.3, 0.4) is 0 Å². The molecule has 0 aromatic rings. The van der Waals surface area contributed by atoms with Crippen molar-refractivity contribution in [3.05, 3.63) is 0 Å². The van der Waals surface area contributed by atoms with Gasteiger partial charge in [-0.15, -0.1) is 0 Å². The van der Waals surface area contributed by atoms with Crippen LogP contribution in [0.4, 0.5) is 0 Å². The molecular formula is C14H38N2O2Si3. The van der Waals surface area contributed by atoms with E-state index in [-0.39, 0.29) is 0 Å². The molecule has 0 atom stereocenters. The Hall–Kier alpha value is 0.491. The fraction of sp³-hybridized carbons (Fsp3) is 1.00. The first-order valence-corrected chi connectivity index (χ1v) is 17.2. The van der Waals surface area contributed by atoms with Gasteiger partial charge >= 0.3 is 0 Å². The summed E-state index contributed by atoms with van der Waals surface area (Å²) in [6.45, 7) is 19.8. The molecule has 0 radical (unpaired) electrons. The maximum absolute atomic E-state index is 6.12. The van der Waals surface area contributed by atoms with E-state index in [1.807, 2.05) is 0 Å². The number of hydrogen-bond donors (Lipinski definition) is 2. The summed E-state index contributed by atoms with van der Waals surface area (Å²) < 4.78 is 19.9. The third kappa shape index (κ3) is 11.7. The van der Waals surface area contributed by atoms with Gasteiger partial charge in [0, 0.05) is 13.2 Å². The Morgan fingerprint density at radius 3 is 1.29 bits per heavy atom. The predicted molar refractivity (Wildman–Crippen MR) is 100 cm³/mol. The fourth-order valence-electron chi connectivity index (χ4n) is 2.55. The highest BCUT2D eigenvalue weighted by molar-refractivity contribution is 6.93. The molecule has 7 heteroatoms. The van der Waals surface area contributed by atoms with E-state index in [1.54, 1.807) is 0 Å². The zero-order chi connectivity index (χ0) is 16.6. The highest BCUT2D eigenvalue weighted by Crippen LogP contribution is 2.10. The minimum atomic E-state index is -1.80. The van der Waals surface area contributed by atoms with E-state index in [0.717, 1.165) is 26.1 Å². The Bertz CT molecular complexity index is 261. The number of nitrogens with one attached hydrogen (secondary N) is 2. The Morgan fingerprint density at radius 1 is 0.667 bits per heavy atom. The SMILES string of the molecule is CCCCO[Si](C)(C)N[Si](C)(C)N[Si](C)(C)OCCCC. The smallest absolute Gasteiger partial charge is 0.256 e. The molecule has 0 spiro atoms. The topological polar surface area (TPSA) is 42.5 Å². The van der Waals surface area contributed by atoms with Gasteiger partial charge in [-0.3, -0.25) is 0 Å². The Morgan fingerprint density at radius 2 is 1.00 bits per heavy atom. The Labute approximate surface area is 136 Å². The molecule has 0 aliphatic rings. The van der Waals surface area contributed by atoms with E-state index in [4.69, 9.17) is 8.85 Å². The lowest BCUT2D eigenvalue weighted by molar-refractivity contribution is 0.293. The van der Waals surface area contributed by atoms with Gasteiger partial charge in [0.25, 0.3) is 17.0 Å². The van der Waals surface area contributed by atoms with Crippen molar-refractivity contribution >= 4 is 25.4 Å². The maximum Gasteiger partial charge on any atom is 0.256 e. The summed E-state index contributed by atoms with van der Waals surface area (Å²) in [6, 6.07) is 0. The van der Waals surface area contributed by atoms with E-state index >= 15 is 0 Å². The molecule has 0 saturated heterocycles. The first-order valence-electron chi connectivity index (χ1n) is 8.40. The molecule has 0 aromatic heterocycles. The van der Waals surface area contributed by atoms with E-state index in [0.29, 0.717) is 0 Å². The van der Waals surface area contributed by atoms with Crippen molar-refractivity contribution in [3.63, 3.8) is 0 Å². The largest absolute Gasteiger partial charge is 0.404 e. The fourth-order valence-corrected chi connectivity index (χ4v) is 17.3. The first kappa shape index (κ1) is 21.5. The second-order valence-corrected chi connectivity index (χ2v) is 19.2. The van der Waals surface area contributed by atoms with Gasteiger partial charge in [0.1, 0.15) is 0 Å². The summed E-state index contributed by atoms with van der Waals surface area (Å²) in [5.41, 5.74) is 0. The molecule has 0 aromatic carbocycles. The third-order valence-electron chi connectivity index (χ3n) is 3.15. The standard InChI is InChI=1S/C14H38N2O2Si3/c1-9-11-13-17-20(5,6)15-19(3,4)16-21(7,8)18-14-12-10-2/h15-16H,9-14H2,1-8H3. The zero-order valence-corrected chi connectivity index (χ0v) is 18.6. The molecule has 0 amide bonds. The summed E-state index contributed by atoms with van der Waals surface area (Å²) in [6.07, 6.45) is 4.67. The third-order valence-corrected chi connectivity index (χ3v) is 14.8. The van der Waals surface area contributed by atoms with Crippen LogP contribution in [0.15, 0.2) is 0 Å². The van der Waals surface area contributed by atoms with Crippen LogP contribution in [0.2, 0.25) is 39.3 Å². The highest BCUT2D eigenvalue weighted by Gasteiger charge is 2.38. The summed E-state index contributed by atoms with van der Waals surface area (Å²) in [4.78, 5) is 0. The highest BCUT2D eigenvalue weighted by atomic mass is 28.5. The average Bonchev–Trinajstić information content (AvgIpc) is 2.25. The summed E-state index contributed by atoms with van der Waals surface area (Å²) in [5, 5.41) is 0. The zero-order valence-electron chi connectivity index (χ0n) is 15.6. The molecule has 0 heterocycles. The van der Waals surface area contributed by atoms with Crippen molar-refractivity contribution in [3.8, 4) is 0 Å². The van der Waals surface area contributed by atoms with Crippen LogP contribution in [0, 0.1) is 0 Å². The summed E-state index contributed by atoms with van der Waals surface area (Å²) in [7, 11) is -5.32. The van der Waals surface area contributed by atoms with Crippen molar-refractivity contribution in [1.29, 1.82) is 0 Å². The molecule has 0 aliphatic carbocycles. The lowest BCUT2D eigenvalue weighted by atomic mass is 10.4. The lowest BCUT2D eigenvalue weighted by Gasteiger charge is -2.39. The molecule has 0 saturated carbocycles. The molecule has 0 fully saturated rings. The maximum atomic E-state index is 6.12. The Kier molecular flexibility index (Phi) is 9.81. The average molecular weight is 351 g/mol. The van der Waals surface area contributed by atoms with E-state index in [9.17, 15) is 0 Å². The van der Waals surface area contributed by atoms with Crippen LogP contribution >= 0.6 is 0 Å². The van der Waals surface area contributed by atoms with Crippen molar-refractivity contribution < 1.29 is 8.85 Å². The normalized spacial score (nSPS) is 13.7. The van der Waals surface area contributed by atoms with Crippen molar-refractivity contribution in [2.45, 2.75) is 78.8 Å². The van der Waals surface area contributed by atoms with Gasteiger partial charge in [0.15, 0.2) is 8.40 Å². The van der Waals surface area contributed by atoms with Gasteiger partial charge in [-0.1, -0.05) is 26.7 Å². The molecule has 128 valence electrons. The molecule has 2 N–H and O–H groups in total. The summed E-state index contributed by atoms with van der Waals surface area (Å²) in [5.74, 6) is 0.